The van der Waals surface area contributed by atoms with E-state index in [1.54, 1.807) is 0 Å². The first-order chi connectivity index (χ1) is 9.35. The number of hydrogen-bond donors (Lipinski definition) is 1. The standard InChI is InChI=1S/C16H21N3/c1-3-5-8-14(17-11-4-2)16-12-18-13-9-6-7-10-15(13)19-16/h3,6-7,9-10,12,14,17H,1,4-5,8,11H2,2H3. The van der Waals surface area contributed by atoms with E-state index in [1.165, 1.54) is 0 Å². The van der Waals surface area contributed by atoms with E-state index in [2.05, 4.69) is 23.8 Å². The van der Waals surface area contributed by atoms with Gasteiger partial charge in [0.05, 0.1) is 29.0 Å². The van der Waals surface area contributed by atoms with Crippen LogP contribution in [-0.4, -0.2) is 16.5 Å². The number of allylic oxidation sites excluding steroid dienone is 1. The Morgan fingerprint density at radius 1 is 1.32 bits per heavy atom. The molecule has 3 nitrogen and oxygen atoms in total. The van der Waals surface area contributed by atoms with Gasteiger partial charge in [0.1, 0.15) is 0 Å². The molecule has 0 radical (unpaired) electrons. The lowest BCUT2D eigenvalue weighted by Gasteiger charge is -2.17. The molecule has 0 amide bonds. The maximum absolute atomic E-state index is 4.72. The van der Waals surface area contributed by atoms with Gasteiger partial charge in [-0.15, -0.1) is 6.58 Å². The smallest absolute Gasteiger partial charge is 0.0890 e. The van der Waals surface area contributed by atoms with Crippen molar-refractivity contribution in [3.63, 3.8) is 0 Å². The molecule has 1 aromatic heterocycles. The molecule has 0 spiro atoms. The molecule has 1 unspecified atom stereocenters. The second-order valence-corrected chi connectivity index (χ2v) is 4.66. The first-order valence-corrected chi connectivity index (χ1v) is 6.91. The lowest BCUT2D eigenvalue weighted by molar-refractivity contribution is 0.492. The number of nitrogens with zero attached hydrogens (tertiary/aromatic N) is 2. The van der Waals surface area contributed by atoms with E-state index in [4.69, 9.17) is 4.98 Å². The first-order valence-electron chi connectivity index (χ1n) is 6.91. The molecule has 0 aliphatic carbocycles. The van der Waals surface area contributed by atoms with Crippen LogP contribution in [0, 0.1) is 0 Å². The summed E-state index contributed by atoms with van der Waals surface area (Å²) in [7, 11) is 0. The third kappa shape index (κ3) is 3.61. The predicted molar refractivity (Wildman–Crippen MR) is 80.0 cm³/mol. The molecule has 0 bridgehead atoms. The summed E-state index contributed by atoms with van der Waals surface area (Å²) in [5.74, 6) is 0. The fourth-order valence-electron chi connectivity index (χ4n) is 2.10. The normalized spacial score (nSPS) is 12.5. The van der Waals surface area contributed by atoms with Crippen molar-refractivity contribution in [2.75, 3.05) is 6.54 Å². The Hall–Kier alpha value is -1.74. The summed E-state index contributed by atoms with van der Waals surface area (Å²) in [4.78, 5) is 9.21. The van der Waals surface area contributed by atoms with Gasteiger partial charge < -0.3 is 5.32 Å². The quantitative estimate of drug-likeness (QED) is 0.768. The van der Waals surface area contributed by atoms with Crippen LogP contribution < -0.4 is 5.32 Å². The Morgan fingerprint density at radius 2 is 2.11 bits per heavy atom. The van der Waals surface area contributed by atoms with Gasteiger partial charge in [-0.05, 0) is 37.9 Å². The zero-order chi connectivity index (χ0) is 13.5. The molecule has 0 saturated carbocycles. The number of benzene rings is 1. The number of hydrogen-bond acceptors (Lipinski definition) is 3. The molecule has 0 aliphatic rings. The Kier molecular flexibility index (Phi) is 5.04. The number of para-hydroxylation sites is 2. The van der Waals surface area contributed by atoms with Crippen LogP contribution in [-0.2, 0) is 0 Å². The topological polar surface area (TPSA) is 37.8 Å². The fourth-order valence-corrected chi connectivity index (χ4v) is 2.10. The highest BCUT2D eigenvalue weighted by Gasteiger charge is 2.12. The van der Waals surface area contributed by atoms with Crippen molar-refractivity contribution in [1.82, 2.24) is 15.3 Å². The van der Waals surface area contributed by atoms with Crippen LogP contribution in [0.5, 0.6) is 0 Å². The molecule has 3 heteroatoms. The van der Waals surface area contributed by atoms with Gasteiger partial charge in [0.25, 0.3) is 0 Å². The van der Waals surface area contributed by atoms with Crippen LogP contribution in [0.15, 0.2) is 43.1 Å². The molecule has 1 atom stereocenters. The van der Waals surface area contributed by atoms with Gasteiger partial charge in [-0.2, -0.15) is 0 Å². The van der Waals surface area contributed by atoms with Gasteiger partial charge >= 0.3 is 0 Å². The van der Waals surface area contributed by atoms with E-state index in [9.17, 15) is 0 Å². The van der Waals surface area contributed by atoms with Crippen molar-refractivity contribution in [1.29, 1.82) is 0 Å². The van der Waals surface area contributed by atoms with Crippen molar-refractivity contribution in [2.45, 2.75) is 32.2 Å². The summed E-state index contributed by atoms with van der Waals surface area (Å²) >= 11 is 0. The Labute approximate surface area is 114 Å². The minimum atomic E-state index is 0.259. The van der Waals surface area contributed by atoms with Crippen LogP contribution in [0.4, 0.5) is 0 Å². The highest BCUT2D eigenvalue weighted by atomic mass is 14.9. The Bertz CT molecular complexity index is 536. The number of aromatic nitrogens is 2. The third-order valence-corrected chi connectivity index (χ3v) is 3.12. The van der Waals surface area contributed by atoms with E-state index in [1.807, 2.05) is 36.5 Å². The Morgan fingerprint density at radius 3 is 2.84 bits per heavy atom. The molecule has 100 valence electrons. The maximum Gasteiger partial charge on any atom is 0.0890 e. The zero-order valence-corrected chi connectivity index (χ0v) is 11.5. The molecular formula is C16H21N3. The molecule has 1 aromatic carbocycles. The van der Waals surface area contributed by atoms with E-state index >= 15 is 0 Å². The van der Waals surface area contributed by atoms with Gasteiger partial charge in [-0.25, -0.2) is 4.98 Å². The van der Waals surface area contributed by atoms with Crippen molar-refractivity contribution in [2.24, 2.45) is 0 Å². The van der Waals surface area contributed by atoms with E-state index in [-0.39, 0.29) is 6.04 Å². The molecule has 19 heavy (non-hydrogen) atoms. The van der Waals surface area contributed by atoms with Crippen LogP contribution in [0.1, 0.15) is 37.9 Å². The Balaban J connectivity index is 2.23. The molecule has 0 saturated heterocycles. The summed E-state index contributed by atoms with van der Waals surface area (Å²) in [5, 5.41) is 3.53. The summed E-state index contributed by atoms with van der Waals surface area (Å²) in [6, 6.07) is 8.25. The molecule has 0 fully saturated rings. The molecule has 1 N–H and O–H groups in total. The van der Waals surface area contributed by atoms with E-state index in [0.717, 1.165) is 42.5 Å². The SMILES string of the molecule is C=CCCC(NCCC)c1cnc2ccccc2n1. The average molecular weight is 255 g/mol. The molecule has 2 aromatic rings. The number of rotatable bonds is 7. The minimum Gasteiger partial charge on any atom is -0.309 e. The monoisotopic (exact) mass is 255 g/mol. The molecule has 1 heterocycles. The van der Waals surface area contributed by atoms with E-state index < -0.39 is 0 Å². The molecule has 2 rings (SSSR count). The lowest BCUT2D eigenvalue weighted by Crippen LogP contribution is -2.23. The molecular weight excluding hydrogens is 234 g/mol. The summed E-state index contributed by atoms with van der Waals surface area (Å²) in [5.41, 5.74) is 2.93. The highest BCUT2D eigenvalue weighted by Crippen LogP contribution is 2.18. The van der Waals surface area contributed by atoms with Crippen molar-refractivity contribution in [3.8, 4) is 0 Å². The van der Waals surface area contributed by atoms with Crippen molar-refractivity contribution < 1.29 is 0 Å². The van der Waals surface area contributed by atoms with Gasteiger partial charge in [-0.1, -0.05) is 25.1 Å². The van der Waals surface area contributed by atoms with Crippen molar-refractivity contribution in [3.05, 3.63) is 48.8 Å². The average Bonchev–Trinajstić information content (AvgIpc) is 2.47. The molecule has 0 aliphatic heterocycles. The number of fused-ring (bicyclic) bond motifs is 1. The van der Waals surface area contributed by atoms with Crippen LogP contribution in [0.2, 0.25) is 0 Å². The second-order valence-electron chi connectivity index (χ2n) is 4.66. The number of nitrogens with one attached hydrogen (secondary N) is 1. The fraction of sp³-hybridized carbons (Fsp3) is 0.375. The van der Waals surface area contributed by atoms with Crippen LogP contribution in [0.3, 0.4) is 0 Å². The third-order valence-electron chi connectivity index (χ3n) is 3.12. The highest BCUT2D eigenvalue weighted by molar-refractivity contribution is 5.73. The second kappa shape index (κ2) is 7.00. The summed E-state index contributed by atoms with van der Waals surface area (Å²) in [6.45, 7) is 6.96. The van der Waals surface area contributed by atoms with Crippen molar-refractivity contribution >= 4 is 11.0 Å². The summed E-state index contributed by atoms with van der Waals surface area (Å²) < 4.78 is 0. The zero-order valence-electron chi connectivity index (χ0n) is 11.5. The van der Waals surface area contributed by atoms with Crippen LogP contribution >= 0.6 is 0 Å². The maximum atomic E-state index is 4.72. The van der Waals surface area contributed by atoms with Crippen LogP contribution in [0.25, 0.3) is 11.0 Å². The minimum absolute atomic E-state index is 0.259. The van der Waals surface area contributed by atoms with Gasteiger partial charge in [0, 0.05) is 0 Å². The first kappa shape index (κ1) is 13.7. The van der Waals surface area contributed by atoms with E-state index in [0.29, 0.717) is 0 Å². The van der Waals surface area contributed by atoms with Gasteiger partial charge in [-0.3, -0.25) is 4.98 Å². The largest absolute Gasteiger partial charge is 0.309 e. The lowest BCUT2D eigenvalue weighted by atomic mass is 10.1. The van der Waals surface area contributed by atoms with Gasteiger partial charge in [0.15, 0.2) is 0 Å². The predicted octanol–water partition coefficient (Wildman–Crippen LogP) is 3.64. The van der Waals surface area contributed by atoms with Gasteiger partial charge in [0.2, 0.25) is 0 Å². The summed E-state index contributed by atoms with van der Waals surface area (Å²) in [6.07, 6.45) is 6.95.